The molecule has 1 N–H and O–H groups in total. The molecule has 0 saturated heterocycles. The van der Waals surface area contributed by atoms with Crippen molar-refractivity contribution in [2.45, 2.75) is 33.2 Å². The van der Waals surface area contributed by atoms with E-state index in [2.05, 4.69) is 56.4 Å². The fourth-order valence-electron chi connectivity index (χ4n) is 2.98. The number of furan rings is 1. The summed E-state index contributed by atoms with van der Waals surface area (Å²) in [6.45, 7) is 7.79. The van der Waals surface area contributed by atoms with Gasteiger partial charge in [-0.1, -0.05) is 45.0 Å². The van der Waals surface area contributed by atoms with Crippen LogP contribution in [-0.4, -0.2) is 6.54 Å². The first-order valence-electron chi connectivity index (χ1n) is 7.85. The first-order chi connectivity index (χ1) is 10.2. The largest absolute Gasteiger partial charge is 0.456 e. The molecule has 110 valence electrons. The molecule has 0 aliphatic heterocycles. The Morgan fingerprint density at radius 3 is 2.52 bits per heavy atom. The lowest BCUT2D eigenvalue weighted by Gasteiger charge is -2.22. The van der Waals surface area contributed by atoms with Crippen LogP contribution in [-0.2, 0) is 0 Å². The lowest BCUT2D eigenvalue weighted by Crippen LogP contribution is -2.26. The molecule has 0 amide bonds. The Morgan fingerprint density at radius 2 is 1.76 bits per heavy atom. The second-order valence-corrected chi connectivity index (χ2v) is 6.03. The molecule has 2 aromatic carbocycles. The van der Waals surface area contributed by atoms with E-state index in [1.54, 1.807) is 0 Å². The zero-order chi connectivity index (χ0) is 14.8. The summed E-state index contributed by atoms with van der Waals surface area (Å²) in [4.78, 5) is 0. The third-order valence-corrected chi connectivity index (χ3v) is 4.04. The van der Waals surface area contributed by atoms with Gasteiger partial charge in [0.05, 0.1) is 0 Å². The fourth-order valence-corrected chi connectivity index (χ4v) is 2.98. The van der Waals surface area contributed by atoms with Crippen molar-refractivity contribution in [2.24, 2.45) is 5.92 Å². The first kappa shape index (κ1) is 14.2. The van der Waals surface area contributed by atoms with Crippen molar-refractivity contribution in [3.8, 4) is 0 Å². The van der Waals surface area contributed by atoms with Crippen molar-refractivity contribution in [1.82, 2.24) is 5.32 Å². The Hall–Kier alpha value is -1.80. The topological polar surface area (TPSA) is 25.2 Å². The van der Waals surface area contributed by atoms with Crippen molar-refractivity contribution in [1.29, 1.82) is 0 Å². The van der Waals surface area contributed by atoms with Crippen LogP contribution in [0.3, 0.4) is 0 Å². The highest BCUT2D eigenvalue weighted by Gasteiger charge is 2.16. The van der Waals surface area contributed by atoms with Gasteiger partial charge in [0.15, 0.2) is 0 Å². The molecule has 2 nitrogen and oxygen atoms in total. The van der Waals surface area contributed by atoms with E-state index in [1.165, 1.54) is 16.3 Å². The van der Waals surface area contributed by atoms with Gasteiger partial charge in [0, 0.05) is 16.8 Å². The standard InChI is InChI=1S/C19H23NO/c1-4-11-20-19(13(2)3)14-9-10-18-16(12-14)15-7-5-6-8-17(15)21-18/h5-10,12-13,19-20H,4,11H2,1-3H3. The van der Waals surface area contributed by atoms with Crippen LogP contribution in [0.4, 0.5) is 0 Å². The van der Waals surface area contributed by atoms with Gasteiger partial charge in [0.2, 0.25) is 0 Å². The average molecular weight is 281 g/mol. The van der Waals surface area contributed by atoms with Gasteiger partial charge < -0.3 is 9.73 Å². The lowest BCUT2D eigenvalue weighted by atomic mass is 9.94. The van der Waals surface area contributed by atoms with Gasteiger partial charge in [-0.25, -0.2) is 0 Å². The molecule has 0 bridgehead atoms. The van der Waals surface area contributed by atoms with Crippen LogP contribution < -0.4 is 5.32 Å². The van der Waals surface area contributed by atoms with Gasteiger partial charge in [-0.05, 0) is 42.6 Å². The summed E-state index contributed by atoms with van der Waals surface area (Å²) in [5.74, 6) is 0.562. The maximum atomic E-state index is 5.91. The molecule has 0 radical (unpaired) electrons. The Labute approximate surface area is 126 Å². The van der Waals surface area contributed by atoms with E-state index in [0.29, 0.717) is 12.0 Å². The summed E-state index contributed by atoms with van der Waals surface area (Å²) in [5, 5.41) is 6.08. The quantitative estimate of drug-likeness (QED) is 0.688. The van der Waals surface area contributed by atoms with Crippen molar-refractivity contribution in [2.75, 3.05) is 6.54 Å². The second kappa shape index (κ2) is 5.90. The first-order valence-corrected chi connectivity index (χ1v) is 7.85. The molecular formula is C19H23NO. The molecule has 2 heteroatoms. The van der Waals surface area contributed by atoms with E-state index in [1.807, 2.05) is 12.1 Å². The smallest absolute Gasteiger partial charge is 0.135 e. The zero-order valence-corrected chi connectivity index (χ0v) is 13.0. The molecule has 0 aliphatic carbocycles. The Morgan fingerprint density at radius 1 is 1.00 bits per heavy atom. The van der Waals surface area contributed by atoms with Crippen molar-refractivity contribution in [3.05, 3.63) is 48.0 Å². The van der Waals surface area contributed by atoms with Gasteiger partial charge >= 0.3 is 0 Å². The minimum atomic E-state index is 0.392. The van der Waals surface area contributed by atoms with E-state index >= 15 is 0 Å². The van der Waals surface area contributed by atoms with E-state index in [0.717, 1.165) is 24.1 Å². The van der Waals surface area contributed by atoms with Crippen LogP contribution in [0.2, 0.25) is 0 Å². The predicted molar refractivity (Wildman–Crippen MR) is 89.6 cm³/mol. The van der Waals surface area contributed by atoms with Gasteiger partial charge in [0.1, 0.15) is 11.2 Å². The summed E-state index contributed by atoms with van der Waals surface area (Å²) in [6.07, 6.45) is 1.15. The van der Waals surface area contributed by atoms with E-state index in [4.69, 9.17) is 4.42 Å². The number of nitrogens with one attached hydrogen (secondary N) is 1. The minimum Gasteiger partial charge on any atom is -0.456 e. The molecule has 1 heterocycles. The normalized spacial score (nSPS) is 13.3. The zero-order valence-electron chi connectivity index (χ0n) is 13.0. The van der Waals surface area contributed by atoms with Crippen LogP contribution in [0.1, 0.15) is 38.8 Å². The number of hydrogen-bond acceptors (Lipinski definition) is 2. The predicted octanol–water partition coefficient (Wildman–Crippen LogP) is 5.28. The molecule has 0 spiro atoms. The number of fused-ring (bicyclic) bond motifs is 3. The maximum Gasteiger partial charge on any atom is 0.135 e. The van der Waals surface area contributed by atoms with Crippen molar-refractivity contribution >= 4 is 21.9 Å². The highest BCUT2D eigenvalue weighted by atomic mass is 16.3. The molecule has 0 aliphatic rings. The monoisotopic (exact) mass is 281 g/mol. The molecule has 21 heavy (non-hydrogen) atoms. The van der Waals surface area contributed by atoms with Crippen LogP contribution in [0.5, 0.6) is 0 Å². The van der Waals surface area contributed by atoms with Crippen LogP contribution in [0.15, 0.2) is 46.9 Å². The molecule has 0 fully saturated rings. The fraction of sp³-hybridized carbons (Fsp3) is 0.368. The molecule has 3 rings (SSSR count). The van der Waals surface area contributed by atoms with Crippen molar-refractivity contribution in [3.63, 3.8) is 0 Å². The summed E-state index contributed by atoms with van der Waals surface area (Å²) in [7, 11) is 0. The van der Waals surface area contributed by atoms with E-state index in [9.17, 15) is 0 Å². The Bertz CT molecular complexity index is 741. The number of para-hydroxylation sites is 1. The SMILES string of the molecule is CCCNC(c1ccc2oc3ccccc3c2c1)C(C)C. The molecule has 1 atom stereocenters. The van der Waals surface area contributed by atoms with E-state index < -0.39 is 0 Å². The molecular weight excluding hydrogens is 258 g/mol. The van der Waals surface area contributed by atoms with Crippen LogP contribution in [0.25, 0.3) is 21.9 Å². The summed E-state index contributed by atoms with van der Waals surface area (Å²) >= 11 is 0. The van der Waals surface area contributed by atoms with Gasteiger partial charge in [0.25, 0.3) is 0 Å². The number of hydrogen-bond donors (Lipinski definition) is 1. The highest BCUT2D eigenvalue weighted by molar-refractivity contribution is 6.05. The third-order valence-electron chi connectivity index (χ3n) is 4.04. The highest BCUT2D eigenvalue weighted by Crippen LogP contribution is 2.32. The molecule has 0 saturated carbocycles. The third kappa shape index (κ3) is 2.68. The van der Waals surface area contributed by atoms with Gasteiger partial charge in [-0.2, -0.15) is 0 Å². The molecule has 1 unspecified atom stereocenters. The number of benzene rings is 2. The van der Waals surface area contributed by atoms with Crippen molar-refractivity contribution < 1.29 is 4.42 Å². The summed E-state index contributed by atoms with van der Waals surface area (Å²) in [5.41, 5.74) is 3.28. The average Bonchev–Trinajstić information content (AvgIpc) is 2.85. The molecule has 1 aromatic heterocycles. The van der Waals surface area contributed by atoms with Crippen LogP contribution in [0, 0.1) is 5.92 Å². The number of rotatable bonds is 5. The lowest BCUT2D eigenvalue weighted by molar-refractivity contribution is 0.413. The molecule has 3 aromatic rings. The van der Waals surface area contributed by atoms with Crippen LogP contribution >= 0.6 is 0 Å². The van der Waals surface area contributed by atoms with Gasteiger partial charge in [-0.15, -0.1) is 0 Å². The minimum absolute atomic E-state index is 0.392. The summed E-state index contributed by atoms with van der Waals surface area (Å²) < 4.78 is 5.91. The Balaban J connectivity index is 2.08. The van der Waals surface area contributed by atoms with Gasteiger partial charge in [-0.3, -0.25) is 0 Å². The van der Waals surface area contributed by atoms with E-state index in [-0.39, 0.29) is 0 Å². The summed E-state index contributed by atoms with van der Waals surface area (Å²) in [6, 6.07) is 15.2. The maximum absolute atomic E-state index is 5.91. The Kier molecular flexibility index (Phi) is 3.98. The second-order valence-electron chi connectivity index (χ2n) is 6.03.